The topological polar surface area (TPSA) is 40.4 Å². The number of nitrogens with zero attached hydrogens (tertiary/aromatic N) is 4. The lowest BCUT2D eigenvalue weighted by atomic mass is 10.0. The van der Waals surface area contributed by atoms with Gasteiger partial charge < -0.3 is 4.74 Å². The Morgan fingerprint density at radius 3 is 2.38 bits per heavy atom. The van der Waals surface area contributed by atoms with E-state index in [9.17, 15) is 0 Å². The maximum absolute atomic E-state index is 6.03. The molecule has 0 bridgehead atoms. The first-order chi connectivity index (χ1) is 11.8. The Balaban J connectivity index is 1.68. The molecular weight excluding hydrogens is 324 g/mol. The van der Waals surface area contributed by atoms with E-state index in [1.54, 1.807) is 0 Å². The molecule has 2 aromatic carbocycles. The van der Waals surface area contributed by atoms with Gasteiger partial charge in [0.2, 0.25) is 0 Å². The number of hydrogen-bond acceptors (Lipinski definition) is 5. The number of anilines is 1. The third-order valence-corrected chi connectivity index (χ3v) is 4.71. The van der Waals surface area contributed by atoms with Crippen molar-refractivity contribution >= 4 is 17.3 Å². The van der Waals surface area contributed by atoms with Crippen LogP contribution in [0.15, 0.2) is 64.9 Å². The molecule has 4 rings (SSSR count). The van der Waals surface area contributed by atoms with E-state index in [0.29, 0.717) is 0 Å². The number of ether oxygens (including phenoxy) is 1. The minimum absolute atomic E-state index is 0.0139. The van der Waals surface area contributed by atoms with E-state index >= 15 is 0 Å². The van der Waals surface area contributed by atoms with E-state index in [1.807, 2.05) is 47.5 Å². The van der Waals surface area contributed by atoms with Crippen LogP contribution in [0.1, 0.15) is 11.6 Å². The van der Waals surface area contributed by atoms with Crippen LogP contribution in [0.5, 0.6) is 0 Å². The van der Waals surface area contributed by atoms with Crippen molar-refractivity contribution in [3.8, 4) is 0 Å². The fourth-order valence-corrected chi connectivity index (χ4v) is 3.37. The zero-order chi connectivity index (χ0) is 16.4. The summed E-state index contributed by atoms with van der Waals surface area (Å²) in [6, 6.07) is 18.1. The Hall–Kier alpha value is -1.95. The summed E-state index contributed by atoms with van der Waals surface area (Å²) in [6.45, 7) is 3.24. The van der Waals surface area contributed by atoms with Crippen LogP contribution in [0.3, 0.4) is 0 Å². The summed E-state index contributed by atoms with van der Waals surface area (Å²) < 4.78 is 5.52. The van der Waals surface area contributed by atoms with Crippen molar-refractivity contribution < 1.29 is 4.74 Å². The second kappa shape index (κ2) is 6.89. The van der Waals surface area contributed by atoms with Crippen LogP contribution >= 0.6 is 11.6 Å². The molecule has 0 radical (unpaired) electrons. The number of morpholine rings is 1. The first-order valence-corrected chi connectivity index (χ1v) is 8.53. The lowest BCUT2D eigenvalue weighted by Crippen LogP contribution is -2.51. The minimum Gasteiger partial charge on any atom is -0.379 e. The molecule has 124 valence electrons. The second-order valence-electron chi connectivity index (χ2n) is 5.94. The van der Waals surface area contributed by atoms with Crippen LogP contribution < -0.4 is 5.01 Å². The van der Waals surface area contributed by atoms with Crippen molar-refractivity contribution in [1.29, 1.82) is 0 Å². The van der Waals surface area contributed by atoms with Crippen molar-refractivity contribution in [3.05, 3.63) is 65.2 Å². The van der Waals surface area contributed by atoms with E-state index in [0.717, 1.165) is 37.0 Å². The molecule has 0 saturated carbocycles. The number of rotatable bonds is 3. The van der Waals surface area contributed by atoms with Gasteiger partial charge in [-0.05, 0) is 29.8 Å². The third-order valence-electron chi connectivity index (χ3n) is 4.46. The molecule has 2 heterocycles. The molecule has 0 spiro atoms. The summed E-state index contributed by atoms with van der Waals surface area (Å²) in [6.07, 6.45) is 0.0532. The molecule has 6 heteroatoms. The number of halogens is 1. The van der Waals surface area contributed by atoms with Crippen LogP contribution in [-0.2, 0) is 4.74 Å². The average Bonchev–Trinajstić information content (AvgIpc) is 3.09. The highest BCUT2D eigenvalue weighted by Crippen LogP contribution is 2.37. The smallest absolute Gasteiger partial charge is 0.135 e. The van der Waals surface area contributed by atoms with Crippen LogP contribution in [-0.4, -0.2) is 37.4 Å². The Morgan fingerprint density at radius 2 is 1.67 bits per heavy atom. The fourth-order valence-electron chi connectivity index (χ4n) is 3.24. The van der Waals surface area contributed by atoms with Gasteiger partial charge in [-0.3, -0.25) is 4.90 Å². The summed E-state index contributed by atoms with van der Waals surface area (Å²) in [5.41, 5.74) is 2.17. The zero-order valence-corrected chi connectivity index (χ0v) is 14.0. The molecule has 1 saturated heterocycles. The molecule has 2 unspecified atom stereocenters. The van der Waals surface area contributed by atoms with Gasteiger partial charge in [0, 0.05) is 18.1 Å². The van der Waals surface area contributed by atoms with Crippen LogP contribution in [0, 0.1) is 0 Å². The molecule has 1 fully saturated rings. The summed E-state index contributed by atoms with van der Waals surface area (Å²) >= 11 is 6.03. The van der Waals surface area contributed by atoms with Crippen molar-refractivity contribution in [2.24, 2.45) is 10.3 Å². The maximum Gasteiger partial charge on any atom is 0.135 e. The first-order valence-electron chi connectivity index (χ1n) is 8.15. The molecule has 2 aromatic rings. The molecule has 2 aliphatic heterocycles. The van der Waals surface area contributed by atoms with Crippen LogP contribution in [0.25, 0.3) is 0 Å². The molecular formula is C18H19ClN4O. The van der Waals surface area contributed by atoms with Gasteiger partial charge in [0.1, 0.15) is 12.2 Å². The second-order valence-corrected chi connectivity index (χ2v) is 6.38. The van der Waals surface area contributed by atoms with Gasteiger partial charge in [-0.2, -0.15) is 5.11 Å². The quantitative estimate of drug-likeness (QED) is 0.848. The van der Waals surface area contributed by atoms with Crippen molar-refractivity contribution in [3.63, 3.8) is 0 Å². The van der Waals surface area contributed by atoms with E-state index in [-0.39, 0.29) is 12.2 Å². The van der Waals surface area contributed by atoms with Crippen LogP contribution in [0.4, 0.5) is 5.69 Å². The SMILES string of the molecule is Clc1ccc(N2N=NC(c3ccccc3)C2N2CCOCC2)cc1. The molecule has 0 aromatic heterocycles. The highest BCUT2D eigenvalue weighted by molar-refractivity contribution is 6.30. The van der Waals surface area contributed by atoms with Gasteiger partial charge in [0.05, 0.1) is 18.9 Å². The first kappa shape index (κ1) is 15.6. The molecule has 24 heavy (non-hydrogen) atoms. The summed E-state index contributed by atoms with van der Waals surface area (Å²) in [4.78, 5) is 2.40. The lowest BCUT2D eigenvalue weighted by Gasteiger charge is -2.38. The number of hydrogen-bond donors (Lipinski definition) is 0. The van der Waals surface area contributed by atoms with E-state index in [2.05, 4.69) is 27.4 Å². The Kier molecular flexibility index (Phi) is 4.47. The Morgan fingerprint density at radius 1 is 0.958 bits per heavy atom. The van der Waals surface area contributed by atoms with Gasteiger partial charge in [-0.1, -0.05) is 47.2 Å². The molecule has 2 aliphatic rings. The summed E-state index contributed by atoms with van der Waals surface area (Å²) in [5.74, 6) is 0. The monoisotopic (exact) mass is 342 g/mol. The minimum atomic E-state index is -0.0139. The van der Waals surface area contributed by atoms with Crippen molar-refractivity contribution in [2.75, 3.05) is 31.3 Å². The van der Waals surface area contributed by atoms with E-state index in [1.165, 1.54) is 5.56 Å². The fraction of sp³-hybridized carbons (Fsp3) is 0.333. The summed E-state index contributed by atoms with van der Waals surface area (Å²) in [5, 5.41) is 11.8. The highest BCUT2D eigenvalue weighted by Gasteiger charge is 2.39. The molecule has 0 aliphatic carbocycles. The van der Waals surface area contributed by atoms with Crippen molar-refractivity contribution in [1.82, 2.24) is 4.90 Å². The third kappa shape index (κ3) is 3.02. The van der Waals surface area contributed by atoms with Gasteiger partial charge >= 0.3 is 0 Å². The van der Waals surface area contributed by atoms with Gasteiger partial charge in [-0.15, -0.1) is 0 Å². The van der Waals surface area contributed by atoms with E-state index < -0.39 is 0 Å². The van der Waals surface area contributed by atoms with Crippen LogP contribution in [0.2, 0.25) is 5.02 Å². The van der Waals surface area contributed by atoms with E-state index in [4.69, 9.17) is 16.3 Å². The molecule has 0 N–H and O–H groups in total. The standard InChI is InChI=1S/C18H19ClN4O/c19-15-6-8-16(9-7-15)23-18(22-10-12-24-13-11-22)17(20-21-23)14-4-2-1-3-5-14/h1-9,17-18H,10-13H2. The number of benzene rings is 2. The van der Waals surface area contributed by atoms with Crippen molar-refractivity contribution in [2.45, 2.75) is 12.2 Å². The predicted octanol–water partition coefficient (Wildman–Crippen LogP) is 3.93. The van der Waals surface area contributed by atoms with Gasteiger partial charge in [0.25, 0.3) is 0 Å². The lowest BCUT2D eigenvalue weighted by molar-refractivity contribution is 0.0140. The molecule has 5 nitrogen and oxygen atoms in total. The summed E-state index contributed by atoms with van der Waals surface area (Å²) in [7, 11) is 0. The predicted molar refractivity (Wildman–Crippen MR) is 94.2 cm³/mol. The van der Waals surface area contributed by atoms with Gasteiger partial charge in [0.15, 0.2) is 0 Å². The Bertz CT molecular complexity index is 701. The largest absolute Gasteiger partial charge is 0.379 e. The maximum atomic E-state index is 6.03. The highest BCUT2D eigenvalue weighted by atomic mass is 35.5. The molecule has 0 amide bonds. The Labute approximate surface area is 146 Å². The average molecular weight is 343 g/mol. The molecule has 2 atom stereocenters. The van der Waals surface area contributed by atoms with Gasteiger partial charge in [-0.25, -0.2) is 5.01 Å². The zero-order valence-electron chi connectivity index (χ0n) is 13.3. The normalized spacial score (nSPS) is 24.5.